The van der Waals surface area contributed by atoms with Crippen molar-refractivity contribution < 1.29 is 9.53 Å². The summed E-state index contributed by atoms with van der Waals surface area (Å²) in [6.45, 7) is 1.32. The maximum Gasteiger partial charge on any atom is 0.233 e. The lowest BCUT2D eigenvalue weighted by atomic mass is 10.1. The second-order valence-corrected chi connectivity index (χ2v) is 6.09. The third-order valence-corrected chi connectivity index (χ3v) is 4.47. The van der Waals surface area contributed by atoms with Crippen molar-refractivity contribution in [3.63, 3.8) is 0 Å². The van der Waals surface area contributed by atoms with Gasteiger partial charge < -0.3 is 9.64 Å². The van der Waals surface area contributed by atoms with Crippen LogP contribution in [0.3, 0.4) is 0 Å². The summed E-state index contributed by atoms with van der Waals surface area (Å²) in [7, 11) is 1.75. The minimum atomic E-state index is -0.0379. The Balaban J connectivity index is 1.51. The first-order valence-corrected chi connectivity index (χ1v) is 8.26. The first-order chi connectivity index (χ1) is 11.2. The molecule has 3 rings (SSSR count). The Kier molecular flexibility index (Phi) is 5.01. The van der Waals surface area contributed by atoms with E-state index in [0.29, 0.717) is 23.3 Å². The molecule has 1 saturated heterocycles. The molecule has 2 aromatic heterocycles. The molecule has 1 fully saturated rings. The maximum atomic E-state index is 12.3. The maximum absolute atomic E-state index is 12.3. The second-order valence-electron chi connectivity index (χ2n) is 5.14. The van der Waals surface area contributed by atoms with E-state index in [1.165, 1.54) is 18.1 Å². The molecule has 0 unspecified atom stereocenters. The van der Waals surface area contributed by atoms with E-state index in [9.17, 15) is 4.79 Å². The lowest BCUT2D eigenvalue weighted by molar-refractivity contribution is -0.130. The number of thioether (sulfide) groups is 1. The highest BCUT2D eigenvalue weighted by Crippen LogP contribution is 2.18. The van der Waals surface area contributed by atoms with E-state index >= 15 is 0 Å². The fourth-order valence-electron chi connectivity index (χ4n) is 2.34. The van der Waals surface area contributed by atoms with Crippen LogP contribution in [0.4, 0.5) is 0 Å². The van der Waals surface area contributed by atoms with Gasteiger partial charge in [-0.15, -0.1) is 5.10 Å². The van der Waals surface area contributed by atoms with E-state index in [0.717, 1.165) is 19.4 Å². The van der Waals surface area contributed by atoms with Crippen LogP contribution in [0, 0.1) is 0 Å². The zero-order valence-corrected chi connectivity index (χ0v) is 13.5. The molecule has 0 aliphatic carbocycles. The van der Waals surface area contributed by atoms with Gasteiger partial charge in [-0.05, 0) is 23.3 Å². The molecule has 0 radical (unpaired) electrons. The van der Waals surface area contributed by atoms with Crippen LogP contribution in [-0.2, 0) is 11.8 Å². The summed E-state index contributed by atoms with van der Waals surface area (Å²) >= 11 is 1.33. The molecule has 0 N–H and O–H groups in total. The van der Waals surface area contributed by atoms with Crippen molar-refractivity contribution in [2.24, 2.45) is 7.05 Å². The average Bonchev–Trinajstić information content (AvgIpc) is 2.99. The summed E-state index contributed by atoms with van der Waals surface area (Å²) < 4.78 is 7.37. The predicted octanol–water partition coefficient (Wildman–Crippen LogP) is 0.162. The van der Waals surface area contributed by atoms with Crippen LogP contribution in [0.2, 0.25) is 0 Å². The van der Waals surface area contributed by atoms with Crippen molar-refractivity contribution in [3.05, 3.63) is 18.6 Å². The minimum Gasteiger partial charge on any atom is -0.472 e. The number of rotatable bonds is 5. The van der Waals surface area contributed by atoms with Crippen LogP contribution in [0.15, 0.2) is 23.7 Å². The van der Waals surface area contributed by atoms with Crippen molar-refractivity contribution in [1.29, 1.82) is 0 Å². The first-order valence-electron chi connectivity index (χ1n) is 7.28. The number of aryl methyl sites for hydroxylation is 1. The van der Waals surface area contributed by atoms with Crippen LogP contribution < -0.4 is 4.74 Å². The number of ether oxygens (including phenoxy) is 1. The quantitative estimate of drug-likeness (QED) is 0.713. The molecule has 0 spiro atoms. The lowest BCUT2D eigenvalue weighted by Gasteiger charge is -2.32. The van der Waals surface area contributed by atoms with Crippen LogP contribution in [0.1, 0.15) is 12.8 Å². The average molecular weight is 335 g/mol. The lowest BCUT2D eigenvalue weighted by Crippen LogP contribution is -2.45. The zero-order chi connectivity index (χ0) is 16.1. The fraction of sp³-hybridized carbons (Fsp3) is 0.538. The topological polar surface area (TPSA) is 98.9 Å². The van der Waals surface area contributed by atoms with Crippen molar-refractivity contribution >= 4 is 17.7 Å². The van der Waals surface area contributed by atoms with Gasteiger partial charge in [0.05, 0.1) is 12.3 Å². The molecule has 23 heavy (non-hydrogen) atoms. The molecule has 9 nitrogen and oxygen atoms in total. The predicted molar refractivity (Wildman–Crippen MR) is 81.8 cm³/mol. The number of piperidine rings is 1. The number of aromatic nitrogens is 6. The van der Waals surface area contributed by atoms with E-state index in [1.54, 1.807) is 24.0 Å². The van der Waals surface area contributed by atoms with Gasteiger partial charge in [-0.2, -0.15) is 0 Å². The number of likely N-dealkylation sites (tertiary alicyclic amines) is 1. The van der Waals surface area contributed by atoms with E-state index in [1.807, 2.05) is 4.90 Å². The highest BCUT2D eigenvalue weighted by atomic mass is 32.2. The van der Waals surface area contributed by atoms with Gasteiger partial charge in [0.25, 0.3) is 0 Å². The van der Waals surface area contributed by atoms with Gasteiger partial charge in [0.1, 0.15) is 12.4 Å². The number of amides is 1. The summed E-state index contributed by atoms with van der Waals surface area (Å²) in [5.74, 6) is 0.918. The summed E-state index contributed by atoms with van der Waals surface area (Å²) in [6.07, 6.45) is 4.88. The molecular formula is C13H17N7O2S. The number of carbonyl (C=O) groups is 1. The van der Waals surface area contributed by atoms with Crippen LogP contribution in [0.5, 0.6) is 5.88 Å². The van der Waals surface area contributed by atoms with Crippen LogP contribution in [0.25, 0.3) is 0 Å². The Labute approximate surface area is 137 Å². The summed E-state index contributed by atoms with van der Waals surface area (Å²) in [6, 6.07) is 1.72. The molecule has 0 bridgehead atoms. The molecular weight excluding hydrogens is 318 g/mol. The van der Waals surface area contributed by atoms with E-state index in [-0.39, 0.29) is 12.0 Å². The Morgan fingerprint density at radius 1 is 1.52 bits per heavy atom. The Bertz CT molecular complexity index is 651. The summed E-state index contributed by atoms with van der Waals surface area (Å²) in [5.41, 5.74) is 0. The Morgan fingerprint density at radius 3 is 3.17 bits per heavy atom. The third-order valence-electron chi connectivity index (χ3n) is 3.48. The van der Waals surface area contributed by atoms with Crippen molar-refractivity contribution in [3.8, 4) is 5.88 Å². The zero-order valence-electron chi connectivity index (χ0n) is 12.7. The third kappa shape index (κ3) is 4.15. The van der Waals surface area contributed by atoms with Gasteiger partial charge in [-0.25, -0.2) is 14.6 Å². The van der Waals surface area contributed by atoms with Gasteiger partial charge in [0.15, 0.2) is 0 Å². The first kappa shape index (κ1) is 15.7. The van der Waals surface area contributed by atoms with Crippen molar-refractivity contribution in [1.82, 2.24) is 35.1 Å². The molecule has 2 aromatic rings. The van der Waals surface area contributed by atoms with Crippen molar-refractivity contribution in [2.75, 3.05) is 18.8 Å². The standard InChI is InChI=1S/C13H17N7O2S/c1-19-13(16-17-18-19)23-8-12(21)20-6-2-3-10(7-20)22-11-4-5-14-9-15-11/h4-5,9-10H,2-3,6-8H2,1H3/t10-/m0/s1. The smallest absolute Gasteiger partial charge is 0.233 e. The Morgan fingerprint density at radius 2 is 2.43 bits per heavy atom. The van der Waals surface area contributed by atoms with Gasteiger partial charge in [-0.1, -0.05) is 11.8 Å². The minimum absolute atomic E-state index is 0.0379. The van der Waals surface area contributed by atoms with Crippen LogP contribution in [-0.4, -0.2) is 65.9 Å². The Hall–Kier alpha value is -2.23. The molecule has 10 heteroatoms. The van der Waals surface area contributed by atoms with Gasteiger partial charge >= 0.3 is 0 Å². The molecule has 1 atom stereocenters. The molecule has 0 saturated carbocycles. The van der Waals surface area contributed by atoms with Gasteiger partial charge in [-0.3, -0.25) is 4.79 Å². The number of hydrogen-bond donors (Lipinski definition) is 0. The van der Waals surface area contributed by atoms with E-state index < -0.39 is 0 Å². The van der Waals surface area contributed by atoms with Crippen LogP contribution >= 0.6 is 11.8 Å². The molecule has 3 heterocycles. The fourth-order valence-corrected chi connectivity index (χ4v) is 3.09. The highest BCUT2D eigenvalue weighted by Gasteiger charge is 2.25. The number of hydrogen-bond acceptors (Lipinski definition) is 8. The summed E-state index contributed by atoms with van der Waals surface area (Å²) in [5, 5.41) is 11.8. The number of tetrazole rings is 1. The largest absolute Gasteiger partial charge is 0.472 e. The van der Waals surface area contributed by atoms with Gasteiger partial charge in [0.2, 0.25) is 16.9 Å². The number of carbonyl (C=O) groups excluding carboxylic acids is 1. The highest BCUT2D eigenvalue weighted by molar-refractivity contribution is 7.99. The van der Waals surface area contributed by atoms with E-state index in [2.05, 4.69) is 25.5 Å². The summed E-state index contributed by atoms with van der Waals surface area (Å²) in [4.78, 5) is 22.1. The normalized spacial score (nSPS) is 18.0. The molecule has 1 aliphatic heterocycles. The van der Waals surface area contributed by atoms with E-state index in [4.69, 9.17) is 4.74 Å². The monoisotopic (exact) mass is 335 g/mol. The molecule has 1 aliphatic rings. The van der Waals surface area contributed by atoms with Gasteiger partial charge in [0, 0.05) is 25.9 Å². The molecule has 122 valence electrons. The van der Waals surface area contributed by atoms with Crippen molar-refractivity contribution in [2.45, 2.75) is 24.1 Å². The SMILES string of the molecule is Cn1nnnc1SCC(=O)N1CCC[C@H](Oc2ccncn2)C1. The molecule has 1 amide bonds. The molecule has 0 aromatic carbocycles. The second kappa shape index (κ2) is 7.36. The number of nitrogens with zero attached hydrogens (tertiary/aromatic N) is 7.